The highest BCUT2D eigenvalue weighted by Gasteiger charge is 2.13. The minimum atomic E-state index is 0.224. The lowest BCUT2D eigenvalue weighted by molar-refractivity contribution is -0.115. The summed E-state index contributed by atoms with van der Waals surface area (Å²) in [5, 5.41) is 0. The van der Waals surface area contributed by atoms with E-state index in [-0.39, 0.29) is 5.78 Å². The molecule has 0 saturated carbocycles. The molecule has 54 valence electrons. The predicted octanol–water partition coefficient (Wildman–Crippen LogP) is 1.25. The Labute approximate surface area is 59.9 Å². The van der Waals surface area contributed by atoms with Crippen LogP contribution in [0.5, 0.6) is 0 Å². The van der Waals surface area contributed by atoms with E-state index >= 15 is 0 Å². The van der Waals surface area contributed by atoms with Crippen LogP contribution in [-0.4, -0.2) is 12.1 Å². The van der Waals surface area contributed by atoms with Crippen LogP contribution < -0.4 is 0 Å². The maximum Gasteiger partial charge on any atom is 0.158 e. The van der Waals surface area contributed by atoms with E-state index in [0.717, 1.165) is 18.3 Å². The minimum absolute atomic E-state index is 0.224. The zero-order valence-electron chi connectivity index (χ0n) is 5.80. The molecule has 0 spiro atoms. The lowest BCUT2D eigenvalue weighted by atomic mass is 10.1. The quantitative estimate of drug-likeness (QED) is 0.550. The molecule has 0 saturated heterocycles. The molecular formula is C8H10O2. The third-order valence-electron chi connectivity index (χ3n) is 1.65. The Hall–Kier alpha value is -0.920. The summed E-state index contributed by atoms with van der Waals surface area (Å²) >= 11 is 0. The molecule has 0 aromatic heterocycles. The zero-order valence-corrected chi connectivity index (χ0v) is 5.80. The van der Waals surface area contributed by atoms with Crippen molar-refractivity contribution < 1.29 is 9.59 Å². The van der Waals surface area contributed by atoms with Gasteiger partial charge in [-0.1, -0.05) is 6.08 Å². The number of carbonyl (C=O) groups excluding carboxylic acids is 2. The van der Waals surface area contributed by atoms with E-state index in [2.05, 4.69) is 0 Å². The molecule has 0 bridgehead atoms. The molecule has 10 heavy (non-hydrogen) atoms. The third kappa shape index (κ3) is 1.53. The number of hydrogen-bond acceptors (Lipinski definition) is 2. The average Bonchev–Trinajstić information content (AvgIpc) is 2.31. The van der Waals surface area contributed by atoms with Crippen LogP contribution in [0, 0.1) is 0 Å². The van der Waals surface area contributed by atoms with E-state index in [9.17, 15) is 9.59 Å². The SMILES string of the molecule is O=CCCC1=CCCC1=O. The molecule has 0 fully saturated rings. The smallest absolute Gasteiger partial charge is 0.158 e. The molecular weight excluding hydrogens is 128 g/mol. The van der Waals surface area contributed by atoms with Gasteiger partial charge >= 0.3 is 0 Å². The second kappa shape index (κ2) is 3.30. The Balaban J connectivity index is 2.39. The van der Waals surface area contributed by atoms with E-state index in [1.54, 1.807) is 0 Å². The Morgan fingerprint density at radius 2 is 2.40 bits per heavy atom. The zero-order chi connectivity index (χ0) is 7.40. The first-order chi connectivity index (χ1) is 4.84. The van der Waals surface area contributed by atoms with E-state index in [1.807, 2.05) is 6.08 Å². The number of ketones is 1. The normalized spacial score (nSPS) is 17.2. The van der Waals surface area contributed by atoms with Crippen molar-refractivity contribution in [3.8, 4) is 0 Å². The molecule has 0 aliphatic heterocycles. The molecule has 0 aromatic carbocycles. The van der Waals surface area contributed by atoms with Crippen LogP contribution in [0.15, 0.2) is 11.6 Å². The van der Waals surface area contributed by atoms with Crippen molar-refractivity contribution in [1.82, 2.24) is 0 Å². The van der Waals surface area contributed by atoms with Gasteiger partial charge in [0.15, 0.2) is 5.78 Å². The maximum atomic E-state index is 10.9. The maximum absolute atomic E-state index is 10.9. The van der Waals surface area contributed by atoms with Crippen molar-refractivity contribution in [2.24, 2.45) is 0 Å². The molecule has 2 heteroatoms. The third-order valence-corrected chi connectivity index (χ3v) is 1.65. The van der Waals surface area contributed by atoms with Crippen LogP contribution in [0.25, 0.3) is 0 Å². The summed E-state index contributed by atoms with van der Waals surface area (Å²) in [6, 6.07) is 0. The van der Waals surface area contributed by atoms with Crippen molar-refractivity contribution in [1.29, 1.82) is 0 Å². The first kappa shape index (κ1) is 7.19. The van der Waals surface area contributed by atoms with E-state index in [1.165, 1.54) is 0 Å². The van der Waals surface area contributed by atoms with Crippen molar-refractivity contribution in [2.75, 3.05) is 0 Å². The molecule has 1 aliphatic carbocycles. The van der Waals surface area contributed by atoms with Crippen molar-refractivity contribution >= 4 is 12.1 Å². The topological polar surface area (TPSA) is 34.1 Å². The lowest BCUT2D eigenvalue weighted by Gasteiger charge is -1.92. The molecule has 0 amide bonds. The number of aldehydes is 1. The highest BCUT2D eigenvalue weighted by molar-refractivity contribution is 5.97. The van der Waals surface area contributed by atoms with Crippen LogP contribution in [0.1, 0.15) is 25.7 Å². The van der Waals surface area contributed by atoms with Gasteiger partial charge in [0.2, 0.25) is 0 Å². The highest BCUT2D eigenvalue weighted by atomic mass is 16.1. The highest BCUT2D eigenvalue weighted by Crippen LogP contribution is 2.17. The van der Waals surface area contributed by atoms with Gasteiger partial charge < -0.3 is 4.79 Å². The lowest BCUT2D eigenvalue weighted by Crippen LogP contribution is -1.95. The van der Waals surface area contributed by atoms with Crippen LogP contribution in [-0.2, 0) is 9.59 Å². The number of rotatable bonds is 3. The number of allylic oxidation sites excluding steroid dienone is 2. The standard InChI is InChI=1S/C8H10O2/c9-6-2-4-7-3-1-5-8(7)10/h3,6H,1-2,4-5H2. The molecule has 0 aromatic rings. The Bertz CT molecular complexity index is 180. The fourth-order valence-electron chi connectivity index (χ4n) is 1.11. The summed E-state index contributed by atoms with van der Waals surface area (Å²) < 4.78 is 0. The Kier molecular flexibility index (Phi) is 2.37. The number of hydrogen-bond donors (Lipinski definition) is 0. The van der Waals surface area contributed by atoms with Gasteiger partial charge in [-0.25, -0.2) is 0 Å². The predicted molar refractivity (Wildman–Crippen MR) is 37.6 cm³/mol. The van der Waals surface area contributed by atoms with Crippen molar-refractivity contribution in [2.45, 2.75) is 25.7 Å². The Morgan fingerprint density at radius 3 is 2.90 bits per heavy atom. The number of Topliss-reactive ketones (excluding diaryl/α,β-unsaturated/α-hetero) is 1. The molecule has 0 N–H and O–H groups in total. The number of carbonyl (C=O) groups is 2. The molecule has 0 heterocycles. The van der Waals surface area contributed by atoms with Gasteiger partial charge in [0.05, 0.1) is 0 Å². The van der Waals surface area contributed by atoms with Crippen LogP contribution >= 0.6 is 0 Å². The summed E-state index contributed by atoms with van der Waals surface area (Å²) in [5.74, 6) is 0.224. The van der Waals surface area contributed by atoms with Crippen LogP contribution in [0.2, 0.25) is 0 Å². The molecule has 1 rings (SSSR count). The Morgan fingerprint density at radius 1 is 1.60 bits per heavy atom. The molecule has 2 nitrogen and oxygen atoms in total. The fraction of sp³-hybridized carbons (Fsp3) is 0.500. The van der Waals surface area contributed by atoms with Crippen molar-refractivity contribution in [3.05, 3.63) is 11.6 Å². The summed E-state index contributed by atoms with van der Waals surface area (Å²) in [6.07, 6.45) is 5.43. The van der Waals surface area contributed by atoms with Crippen LogP contribution in [0.4, 0.5) is 0 Å². The average molecular weight is 138 g/mol. The van der Waals surface area contributed by atoms with E-state index in [4.69, 9.17) is 0 Å². The van der Waals surface area contributed by atoms with Gasteiger partial charge in [-0.3, -0.25) is 4.79 Å². The molecule has 0 radical (unpaired) electrons. The monoisotopic (exact) mass is 138 g/mol. The summed E-state index contributed by atoms with van der Waals surface area (Å²) in [6.45, 7) is 0. The molecule has 0 atom stereocenters. The first-order valence-electron chi connectivity index (χ1n) is 3.50. The minimum Gasteiger partial charge on any atom is -0.303 e. The summed E-state index contributed by atoms with van der Waals surface area (Å²) in [4.78, 5) is 20.8. The van der Waals surface area contributed by atoms with Gasteiger partial charge in [-0.2, -0.15) is 0 Å². The van der Waals surface area contributed by atoms with Gasteiger partial charge in [-0.05, 0) is 18.4 Å². The van der Waals surface area contributed by atoms with Gasteiger partial charge in [0, 0.05) is 12.8 Å². The second-order valence-corrected chi connectivity index (χ2v) is 2.40. The summed E-state index contributed by atoms with van der Waals surface area (Å²) in [5.41, 5.74) is 0.854. The molecule has 1 aliphatic rings. The van der Waals surface area contributed by atoms with Gasteiger partial charge in [0.25, 0.3) is 0 Å². The van der Waals surface area contributed by atoms with Crippen LogP contribution in [0.3, 0.4) is 0 Å². The van der Waals surface area contributed by atoms with E-state index in [0.29, 0.717) is 19.3 Å². The van der Waals surface area contributed by atoms with E-state index < -0.39 is 0 Å². The summed E-state index contributed by atoms with van der Waals surface area (Å²) in [7, 11) is 0. The second-order valence-electron chi connectivity index (χ2n) is 2.40. The largest absolute Gasteiger partial charge is 0.303 e. The first-order valence-corrected chi connectivity index (χ1v) is 3.50. The van der Waals surface area contributed by atoms with Gasteiger partial charge in [0.1, 0.15) is 6.29 Å². The van der Waals surface area contributed by atoms with Crippen molar-refractivity contribution in [3.63, 3.8) is 0 Å². The molecule has 0 unspecified atom stereocenters. The van der Waals surface area contributed by atoms with Gasteiger partial charge in [-0.15, -0.1) is 0 Å². The fourth-order valence-corrected chi connectivity index (χ4v) is 1.11.